The highest BCUT2D eigenvalue weighted by Gasteiger charge is 2.68. The number of carbonyl (C=O) groups is 3. The van der Waals surface area contributed by atoms with Gasteiger partial charge in [0.2, 0.25) is 5.78 Å². The molecule has 0 unspecified atom stereocenters. The second-order valence-corrected chi connectivity index (χ2v) is 11.5. The molecule has 2 N–H and O–H groups in total. The van der Waals surface area contributed by atoms with Gasteiger partial charge in [0.25, 0.3) is 0 Å². The van der Waals surface area contributed by atoms with Crippen molar-refractivity contribution in [1.29, 1.82) is 0 Å². The number of rotatable bonds is 8. The Kier molecular flexibility index (Phi) is 6.96. The Morgan fingerprint density at radius 1 is 1.18 bits per heavy atom. The van der Waals surface area contributed by atoms with Crippen molar-refractivity contribution < 1.29 is 29.3 Å². The van der Waals surface area contributed by atoms with Gasteiger partial charge in [0.1, 0.15) is 5.60 Å². The molecule has 0 heterocycles. The average molecular weight is 473 g/mol. The first-order chi connectivity index (χ1) is 16.1. The second-order valence-electron chi connectivity index (χ2n) is 11.5. The van der Waals surface area contributed by atoms with Crippen molar-refractivity contribution in [2.75, 3.05) is 6.61 Å². The summed E-state index contributed by atoms with van der Waals surface area (Å²) < 4.78 is 5.26. The van der Waals surface area contributed by atoms with Gasteiger partial charge in [0.05, 0.1) is 6.10 Å². The minimum atomic E-state index is -1.61. The number of esters is 1. The van der Waals surface area contributed by atoms with Gasteiger partial charge in [-0.2, -0.15) is 0 Å². The van der Waals surface area contributed by atoms with Crippen LogP contribution in [0.25, 0.3) is 0 Å². The van der Waals surface area contributed by atoms with Crippen LogP contribution in [0.1, 0.15) is 85.0 Å². The first-order valence-electron chi connectivity index (χ1n) is 13.1. The van der Waals surface area contributed by atoms with E-state index in [0.717, 1.165) is 44.1 Å². The molecule has 6 nitrogen and oxygen atoms in total. The molecule has 3 saturated carbocycles. The molecule has 6 heteroatoms. The number of aliphatic hydroxyl groups excluding tert-OH is 1. The van der Waals surface area contributed by atoms with Crippen LogP contribution in [0.5, 0.6) is 0 Å². The maximum absolute atomic E-state index is 13.2. The van der Waals surface area contributed by atoms with Gasteiger partial charge in [0, 0.05) is 23.2 Å². The standard InChI is InChI=1S/C28H40O6/c1-4-5-6-7-8-24(32)34-17-23(31)28(33)14-12-21-20-10-9-18-15-19(29)11-13-26(18,2)25(20)22(30)16-27(21,28)3/h11,13,15,20-22,25,30,33H,4-10,12,14,16-17H2,1-3H3/t20-,21+,22-,25-,26-,27-,28-/m0/s1. The van der Waals surface area contributed by atoms with E-state index in [9.17, 15) is 24.6 Å². The van der Waals surface area contributed by atoms with Crippen LogP contribution in [0.2, 0.25) is 0 Å². The molecule has 0 aromatic rings. The lowest BCUT2D eigenvalue weighted by Crippen LogP contribution is -2.61. The minimum absolute atomic E-state index is 0.00168. The zero-order valence-electron chi connectivity index (χ0n) is 20.8. The Morgan fingerprint density at radius 3 is 2.68 bits per heavy atom. The van der Waals surface area contributed by atoms with Crippen LogP contribution < -0.4 is 0 Å². The minimum Gasteiger partial charge on any atom is -0.458 e. The van der Waals surface area contributed by atoms with Gasteiger partial charge < -0.3 is 14.9 Å². The first-order valence-corrected chi connectivity index (χ1v) is 13.1. The van der Waals surface area contributed by atoms with E-state index in [-0.39, 0.29) is 29.0 Å². The smallest absolute Gasteiger partial charge is 0.306 e. The molecule has 188 valence electrons. The van der Waals surface area contributed by atoms with Crippen LogP contribution in [0, 0.1) is 28.6 Å². The first kappa shape index (κ1) is 25.3. The Bertz CT molecular complexity index is 905. The molecule has 4 rings (SSSR count). The van der Waals surface area contributed by atoms with E-state index in [1.165, 1.54) is 0 Å². The number of carbonyl (C=O) groups excluding carboxylic acids is 3. The van der Waals surface area contributed by atoms with E-state index in [4.69, 9.17) is 4.74 Å². The number of ether oxygens (including phenoxy) is 1. The highest BCUT2D eigenvalue weighted by Crippen LogP contribution is 2.67. The highest BCUT2D eigenvalue weighted by molar-refractivity contribution is 6.01. The Balaban J connectivity index is 1.48. The van der Waals surface area contributed by atoms with E-state index in [1.807, 2.05) is 13.0 Å². The molecule has 0 bridgehead atoms. The predicted molar refractivity (Wildman–Crippen MR) is 128 cm³/mol. The Morgan fingerprint density at radius 2 is 1.94 bits per heavy atom. The summed E-state index contributed by atoms with van der Waals surface area (Å²) in [6.45, 7) is 5.73. The zero-order chi connectivity index (χ0) is 24.7. The largest absolute Gasteiger partial charge is 0.458 e. The second kappa shape index (κ2) is 9.34. The molecule has 0 amide bonds. The van der Waals surface area contributed by atoms with Crippen LogP contribution >= 0.6 is 0 Å². The summed E-state index contributed by atoms with van der Waals surface area (Å²) in [7, 11) is 0. The van der Waals surface area contributed by atoms with Crippen molar-refractivity contribution in [3.05, 3.63) is 23.8 Å². The van der Waals surface area contributed by atoms with Crippen molar-refractivity contribution in [3.63, 3.8) is 0 Å². The third-order valence-electron chi connectivity index (χ3n) is 9.71. The molecule has 0 aromatic carbocycles. The molecule has 3 fully saturated rings. The Labute approximate surface area is 202 Å². The molecule has 0 radical (unpaired) electrons. The summed E-state index contributed by atoms with van der Waals surface area (Å²) in [5.74, 6) is -0.652. The fraction of sp³-hybridized carbons (Fsp3) is 0.750. The molecular formula is C28H40O6. The van der Waals surface area contributed by atoms with Gasteiger partial charge >= 0.3 is 5.97 Å². The molecule has 0 spiro atoms. The van der Waals surface area contributed by atoms with Crippen molar-refractivity contribution in [2.24, 2.45) is 28.6 Å². The topological polar surface area (TPSA) is 101 Å². The summed E-state index contributed by atoms with van der Waals surface area (Å²) >= 11 is 0. The van der Waals surface area contributed by atoms with E-state index < -0.39 is 35.5 Å². The summed E-state index contributed by atoms with van der Waals surface area (Å²) in [4.78, 5) is 37.3. The average Bonchev–Trinajstić information content (AvgIpc) is 3.06. The molecule has 0 aliphatic heterocycles. The number of unbranched alkanes of at least 4 members (excludes halogenated alkanes) is 3. The molecule has 34 heavy (non-hydrogen) atoms. The zero-order valence-corrected chi connectivity index (χ0v) is 20.8. The number of Topliss-reactive ketones (excluding diaryl/α,β-unsaturated/α-hetero) is 1. The summed E-state index contributed by atoms with van der Waals surface area (Å²) in [6.07, 6.45) is 11.7. The molecule has 7 atom stereocenters. The van der Waals surface area contributed by atoms with Crippen molar-refractivity contribution in [2.45, 2.75) is 96.7 Å². The lowest BCUT2D eigenvalue weighted by Gasteiger charge is -2.59. The van der Waals surface area contributed by atoms with E-state index in [1.54, 1.807) is 12.2 Å². The van der Waals surface area contributed by atoms with Crippen molar-refractivity contribution >= 4 is 17.5 Å². The SMILES string of the molecule is CCCCCCC(=O)OCC(=O)[C@@]1(O)CC[C@@H]2[C@@H]3CCC4=CC(=O)C=C[C@]4(C)[C@@H]3[C@@H](O)C[C@@]21C. The fourth-order valence-corrected chi connectivity index (χ4v) is 7.82. The van der Waals surface area contributed by atoms with E-state index in [2.05, 4.69) is 13.8 Å². The van der Waals surface area contributed by atoms with Crippen molar-refractivity contribution in [3.8, 4) is 0 Å². The van der Waals surface area contributed by atoms with E-state index in [0.29, 0.717) is 25.7 Å². The normalized spacial score (nSPS) is 40.7. The van der Waals surface area contributed by atoms with Crippen molar-refractivity contribution in [1.82, 2.24) is 0 Å². The fourth-order valence-electron chi connectivity index (χ4n) is 7.82. The lowest BCUT2D eigenvalue weighted by molar-refractivity contribution is -0.181. The van der Waals surface area contributed by atoms with Crippen LogP contribution in [-0.2, 0) is 19.1 Å². The predicted octanol–water partition coefficient (Wildman–Crippen LogP) is 4.08. The number of hydrogen-bond donors (Lipinski definition) is 2. The van der Waals surface area contributed by atoms with Crippen LogP contribution in [0.4, 0.5) is 0 Å². The quantitative estimate of drug-likeness (QED) is 0.408. The lowest BCUT2D eigenvalue weighted by atomic mass is 9.46. The van der Waals surface area contributed by atoms with E-state index >= 15 is 0 Å². The third kappa shape index (κ3) is 4.01. The molecule has 4 aliphatic rings. The van der Waals surface area contributed by atoms with Gasteiger partial charge in [0.15, 0.2) is 12.4 Å². The summed E-state index contributed by atoms with van der Waals surface area (Å²) in [6, 6.07) is 0. The molecule has 0 saturated heterocycles. The maximum atomic E-state index is 13.2. The number of fused-ring (bicyclic) bond motifs is 5. The number of ketones is 2. The monoisotopic (exact) mass is 472 g/mol. The summed E-state index contributed by atoms with van der Waals surface area (Å²) in [5, 5.41) is 23.1. The van der Waals surface area contributed by atoms with Crippen LogP contribution in [0.3, 0.4) is 0 Å². The van der Waals surface area contributed by atoms with Gasteiger partial charge in [-0.3, -0.25) is 14.4 Å². The van der Waals surface area contributed by atoms with Crippen LogP contribution in [0.15, 0.2) is 23.8 Å². The van der Waals surface area contributed by atoms with Gasteiger partial charge in [-0.05, 0) is 62.5 Å². The molecule has 0 aromatic heterocycles. The molecule has 4 aliphatic carbocycles. The number of allylic oxidation sites excluding steroid dienone is 4. The highest BCUT2D eigenvalue weighted by atomic mass is 16.5. The maximum Gasteiger partial charge on any atom is 0.306 e. The van der Waals surface area contributed by atoms with Gasteiger partial charge in [-0.1, -0.05) is 51.7 Å². The molecular weight excluding hydrogens is 432 g/mol. The van der Waals surface area contributed by atoms with Crippen LogP contribution in [-0.4, -0.2) is 46.1 Å². The van der Waals surface area contributed by atoms with Gasteiger partial charge in [-0.15, -0.1) is 0 Å². The van der Waals surface area contributed by atoms with Gasteiger partial charge in [-0.25, -0.2) is 0 Å². The summed E-state index contributed by atoms with van der Waals surface area (Å²) in [5.41, 5.74) is -1.68. The Hall–Kier alpha value is -1.79. The number of aliphatic hydroxyl groups is 2. The number of hydrogen-bond acceptors (Lipinski definition) is 6. The third-order valence-corrected chi connectivity index (χ3v) is 9.71.